The number of anilines is 1. The topological polar surface area (TPSA) is 41.4 Å². The molecule has 144 valence electrons. The van der Waals surface area contributed by atoms with E-state index in [9.17, 15) is 0 Å². The van der Waals surface area contributed by atoms with Crippen LogP contribution in [0.3, 0.4) is 0 Å². The van der Waals surface area contributed by atoms with Crippen LogP contribution in [0, 0.1) is 0 Å². The van der Waals surface area contributed by atoms with E-state index in [1.807, 2.05) is 48.7 Å². The van der Waals surface area contributed by atoms with Gasteiger partial charge in [-0.2, -0.15) is 5.10 Å². The average Bonchev–Trinajstić information content (AvgIpc) is 3.09. The number of nitrogens with zero attached hydrogens (tertiary/aromatic N) is 2. The molecular formula is C22H23ClN4S. The highest BCUT2D eigenvalue weighted by Crippen LogP contribution is 2.17. The van der Waals surface area contributed by atoms with Crippen LogP contribution >= 0.6 is 23.8 Å². The van der Waals surface area contributed by atoms with Crippen molar-refractivity contribution in [2.24, 2.45) is 5.10 Å². The Morgan fingerprint density at radius 2 is 1.93 bits per heavy atom. The molecule has 1 heterocycles. The van der Waals surface area contributed by atoms with Gasteiger partial charge in [0.05, 0.1) is 11.9 Å². The molecule has 0 saturated heterocycles. The quantitative estimate of drug-likeness (QED) is 0.314. The summed E-state index contributed by atoms with van der Waals surface area (Å²) >= 11 is 11.4. The normalized spacial score (nSPS) is 11.1. The van der Waals surface area contributed by atoms with Gasteiger partial charge in [-0.1, -0.05) is 49.7 Å². The molecule has 0 atom stereocenters. The van der Waals surface area contributed by atoms with Gasteiger partial charge in [-0.15, -0.1) is 0 Å². The lowest BCUT2D eigenvalue weighted by Gasteiger charge is -2.10. The summed E-state index contributed by atoms with van der Waals surface area (Å²) in [5, 5.41) is 8.57. The molecule has 2 aromatic carbocycles. The number of rotatable bonds is 6. The number of thiocarbonyl (C=S) groups is 1. The molecule has 0 saturated carbocycles. The molecule has 0 bridgehead atoms. The molecule has 3 rings (SSSR count). The minimum absolute atomic E-state index is 0.446. The van der Waals surface area contributed by atoms with Gasteiger partial charge in [0.25, 0.3) is 0 Å². The predicted molar refractivity (Wildman–Crippen MR) is 122 cm³/mol. The number of halogens is 1. The first-order valence-electron chi connectivity index (χ1n) is 9.11. The van der Waals surface area contributed by atoms with Crippen LogP contribution in [-0.4, -0.2) is 15.9 Å². The van der Waals surface area contributed by atoms with Crippen molar-refractivity contribution < 1.29 is 0 Å². The molecule has 0 aliphatic carbocycles. The van der Waals surface area contributed by atoms with E-state index in [2.05, 4.69) is 52.5 Å². The van der Waals surface area contributed by atoms with Crippen LogP contribution < -0.4 is 10.7 Å². The minimum atomic E-state index is 0.446. The first kappa shape index (κ1) is 20.1. The van der Waals surface area contributed by atoms with E-state index in [-0.39, 0.29) is 0 Å². The highest BCUT2D eigenvalue weighted by Gasteiger charge is 2.02. The van der Waals surface area contributed by atoms with Crippen molar-refractivity contribution in [3.8, 4) is 0 Å². The average molecular weight is 411 g/mol. The van der Waals surface area contributed by atoms with Crippen LogP contribution in [0.25, 0.3) is 0 Å². The van der Waals surface area contributed by atoms with Crippen molar-refractivity contribution >= 4 is 40.8 Å². The molecule has 0 amide bonds. The molecule has 0 unspecified atom stereocenters. The number of benzene rings is 2. The molecular weight excluding hydrogens is 388 g/mol. The van der Waals surface area contributed by atoms with E-state index in [0.29, 0.717) is 11.0 Å². The van der Waals surface area contributed by atoms with Crippen LogP contribution in [-0.2, 0) is 6.54 Å². The number of hydrogen-bond acceptors (Lipinski definition) is 2. The standard InChI is InChI=1S/C22H23ClN4S/c1-16(2)18-8-10-20(11-9-18)25-22(28)26-24-14-21-7-4-12-27(21)15-17-5-3-6-19(23)13-17/h3-14,16H,15H2,1-2H3,(H2,25,26,28). The smallest absolute Gasteiger partial charge is 0.191 e. The van der Waals surface area contributed by atoms with Crippen molar-refractivity contribution in [3.63, 3.8) is 0 Å². The summed E-state index contributed by atoms with van der Waals surface area (Å²) in [5.74, 6) is 0.506. The van der Waals surface area contributed by atoms with Crippen LogP contribution in [0.4, 0.5) is 5.69 Å². The highest BCUT2D eigenvalue weighted by molar-refractivity contribution is 7.80. The molecule has 0 radical (unpaired) electrons. The lowest BCUT2D eigenvalue weighted by molar-refractivity contribution is 0.799. The first-order chi connectivity index (χ1) is 13.5. The Labute approximate surface area is 176 Å². The Morgan fingerprint density at radius 1 is 1.14 bits per heavy atom. The van der Waals surface area contributed by atoms with Gasteiger partial charge in [0.1, 0.15) is 0 Å². The monoisotopic (exact) mass is 410 g/mol. The van der Waals surface area contributed by atoms with Crippen molar-refractivity contribution in [2.45, 2.75) is 26.3 Å². The second-order valence-electron chi connectivity index (χ2n) is 6.79. The Morgan fingerprint density at radius 3 is 2.64 bits per heavy atom. The van der Waals surface area contributed by atoms with E-state index in [4.69, 9.17) is 23.8 Å². The third-order valence-electron chi connectivity index (χ3n) is 4.30. The van der Waals surface area contributed by atoms with Gasteiger partial charge in [0, 0.05) is 23.5 Å². The molecule has 0 fully saturated rings. The maximum absolute atomic E-state index is 6.07. The van der Waals surface area contributed by atoms with Crippen molar-refractivity contribution in [1.29, 1.82) is 0 Å². The van der Waals surface area contributed by atoms with E-state index < -0.39 is 0 Å². The summed E-state index contributed by atoms with van der Waals surface area (Å²) < 4.78 is 2.10. The van der Waals surface area contributed by atoms with Gasteiger partial charge < -0.3 is 9.88 Å². The molecule has 6 heteroatoms. The van der Waals surface area contributed by atoms with Crippen LogP contribution in [0.15, 0.2) is 72.0 Å². The predicted octanol–water partition coefficient (Wildman–Crippen LogP) is 5.63. The zero-order chi connectivity index (χ0) is 19.9. The first-order valence-corrected chi connectivity index (χ1v) is 9.89. The molecule has 2 N–H and O–H groups in total. The highest BCUT2D eigenvalue weighted by atomic mass is 35.5. The van der Waals surface area contributed by atoms with Gasteiger partial charge >= 0.3 is 0 Å². The second-order valence-corrected chi connectivity index (χ2v) is 7.64. The van der Waals surface area contributed by atoms with Gasteiger partial charge in [-0.3, -0.25) is 5.43 Å². The zero-order valence-electron chi connectivity index (χ0n) is 15.9. The zero-order valence-corrected chi connectivity index (χ0v) is 17.5. The van der Waals surface area contributed by atoms with Crippen LogP contribution in [0.5, 0.6) is 0 Å². The third-order valence-corrected chi connectivity index (χ3v) is 4.73. The fourth-order valence-electron chi connectivity index (χ4n) is 2.79. The molecule has 3 aromatic rings. The Balaban J connectivity index is 1.56. The Bertz CT molecular complexity index is 961. The Hall–Kier alpha value is -2.63. The van der Waals surface area contributed by atoms with E-state index in [1.165, 1.54) is 5.56 Å². The fraction of sp³-hybridized carbons (Fsp3) is 0.182. The second kappa shape index (κ2) is 9.53. The summed E-state index contributed by atoms with van der Waals surface area (Å²) in [6.07, 6.45) is 3.76. The van der Waals surface area contributed by atoms with Crippen molar-refractivity contribution in [3.05, 3.63) is 88.7 Å². The summed E-state index contributed by atoms with van der Waals surface area (Å²) in [6, 6.07) is 20.1. The Kier molecular flexibility index (Phi) is 6.85. The minimum Gasteiger partial charge on any atom is -0.342 e. The molecule has 0 aliphatic rings. The molecule has 4 nitrogen and oxygen atoms in total. The van der Waals surface area contributed by atoms with Crippen molar-refractivity contribution in [2.75, 3.05) is 5.32 Å². The number of hydrogen-bond donors (Lipinski definition) is 2. The van der Waals surface area contributed by atoms with Gasteiger partial charge in [0.15, 0.2) is 5.11 Å². The van der Waals surface area contributed by atoms with E-state index >= 15 is 0 Å². The van der Waals surface area contributed by atoms with E-state index in [0.717, 1.165) is 28.5 Å². The van der Waals surface area contributed by atoms with Crippen LogP contribution in [0.1, 0.15) is 36.6 Å². The maximum atomic E-state index is 6.07. The fourth-order valence-corrected chi connectivity index (χ4v) is 3.17. The van der Waals surface area contributed by atoms with Crippen LogP contribution in [0.2, 0.25) is 5.02 Å². The summed E-state index contributed by atoms with van der Waals surface area (Å²) in [7, 11) is 0. The third kappa shape index (κ3) is 5.68. The van der Waals surface area contributed by atoms with E-state index in [1.54, 1.807) is 6.21 Å². The number of aromatic nitrogens is 1. The van der Waals surface area contributed by atoms with Gasteiger partial charge in [-0.05, 0) is 65.7 Å². The SMILES string of the molecule is CC(C)c1ccc(NC(=S)NN=Cc2cccn2Cc2cccc(Cl)c2)cc1. The lowest BCUT2D eigenvalue weighted by Crippen LogP contribution is -2.24. The summed E-state index contributed by atoms with van der Waals surface area (Å²) in [5.41, 5.74) is 7.19. The molecule has 1 aromatic heterocycles. The molecule has 28 heavy (non-hydrogen) atoms. The number of hydrazone groups is 1. The summed E-state index contributed by atoms with van der Waals surface area (Å²) in [4.78, 5) is 0. The maximum Gasteiger partial charge on any atom is 0.191 e. The molecule has 0 spiro atoms. The number of nitrogens with one attached hydrogen (secondary N) is 2. The largest absolute Gasteiger partial charge is 0.342 e. The van der Waals surface area contributed by atoms with Gasteiger partial charge in [-0.25, -0.2) is 0 Å². The lowest BCUT2D eigenvalue weighted by atomic mass is 10.0. The summed E-state index contributed by atoms with van der Waals surface area (Å²) in [6.45, 7) is 5.07. The molecule has 0 aliphatic heterocycles. The van der Waals surface area contributed by atoms with Crippen molar-refractivity contribution in [1.82, 2.24) is 9.99 Å². The van der Waals surface area contributed by atoms with Gasteiger partial charge in [0.2, 0.25) is 0 Å².